The van der Waals surface area contributed by atoms with Crippen LogP contribution in [0.25, 0.3) is 0 Å². The maximum atomic E-state index is 11.8. The van der Waals surface area contributed by atoms with E-state index in [1.807, 2.05) is 0 Å². The highest BCUT2D eigenvalue weighted by molar-refractivity contribution is 5.92. The third-order valence-corrected chi connectivity index (χ3v) is 4.06. The molecule has 2 aromatic carbocycles. The summed E-state index contributed by atoms with van der Waals surface area (Å²) in [5, 5.41) is 16.9. The molecule has 0 amide bonds. The van der Waals surface area contributed by atoms with E-state index in [1.165, 1.54) is 42.5 Å². The fourth-order valence-electron chi connectivity index (χ4n) is 2.47. The van der Waals surface area contributed by atoms with E-state index < -0.39 is 24.7 Å². The molecule has 0 radical (unpaired) electrons. The number of nitrogens with zero attached hydrogens (tertiary/aromatic N) is 1. The van der Waals surface area contributed by atoms with E-state index in [0.29, 0.717) is 11.1 Å². The number of carboxylic acids is 2. The van der Waals surface area contributed by atoms with Crippen LogP contribution in [-0.4, -0.2) is 39.9 Å². The molecule has 3 aromatic rings. The van der Waals surface area contributed by atoms with Crippen molar-refractivity contribution in [3.8, 4) is 11.5 Å². The predicted octanol–water partition coefficient (Wildman–Crippen LogP) is 4.57. The number of carbonyl (C=O) groups is 2. The van der Waals surface area contributed by atoms with Gasteiger partial charge < -0.3 is 31.2 Å². The van der Waals surface area contributed by atoms with Crippen molar-refractivity contribution in [1.29, 1.82) is 0 Å². The number of carboxylic acid groups (broad SMARTS) is 2. The average molecular weight is 549 g/mol. The first-order chi connectivity index (χ1) is 17.7. The number of para-hydroxylation sites is 2. The third kappa shape index (κ3) is 12.0. The van der Waals surface area contributed by atoms with Gasteiger partial charge in [0.15, 0.2) is 0 Å². The van der Waals surface area contributed by atoms with Crippen molar-refractivity contribution in [2.45, 2.75) is 25.8 Å². The van der Waals surface area contributed by atoms with Gasteiger partial charge in [0.2, 0.25) is 0 Å². The van der Waals surface area contributed by atoms with Crippen molar-refractivity contribution in [1.82, 2.24) is 4.98 Å². The van der Waals surface area contributed by atoms with E-state index >= 15 is 0 Å². The molecule has 0 bridgehead atoms. The predicted molar refractivity (Wildman–Crippen MR) is 120 cm³/mol. The summed E-state index contributed by atoms with van der Waals surface area (Å²) in [6.45, 7) is 0.0402. The monoisotopic (exact) mass is 549 g/mol. The Balaban J connectivity index is 0.000000285. The van der Waals surface area contributed by atoms with Crippen LogP contribution in [0.4, 0.5) is 26.3 Å². The summed E-state index contributed by atoms with van der Waals surface area (Å²) >= 11 is 0. The molecule has 206 valence electrons. The highest BCUT2D eigenvalue weighted by Crippen LogP contribution is 2.26. The lowest BCUT2D eigenvalue weighted by molar-refractivity contribution is -0.275. The van der Waals surface area contributed by atoms with Gasteiger partial charge in [0.1, 0.15) is 17.2 Å². The molecule has 0 aliphatic carbocycles. The second-order valence-corrected chi connectivity index (χ2v) is 6.76. The number of hydrogen-bond acceptors (Lipinski definition) is 7. The molecule has 0 aliphatic rings. The lowest BCUT2D eigenvalue weighted by Crippen LogP contribution is -2.18. The number of alkyl halides is 6. The van der Waals surface area contributed by atoms with Gasteiger partial charge in [0, 0.05) is 30.4 Å². The van der Waals surface area contributed by atoms with Crippen LogP contribution in [0, 0.1) is 0 Å². The number of ether oxygens (including phenoxy) is 2. The van der Waals surface area contributed by atoms with Crippen LogP contribution in [0.5, 0.6) is 11.5 Å². The molecule has 0 aliphatic heterocycles. The van der Waals surface area contributed by atoms with Gasteiger partial charge in [-0.2, -0.15) is 0 Å². The number of aromatic nitrogens is 1. The first-order valence-electron chi connectivity index (χ1n) is 10.2. The quantitative estimate of drug-likeness (QED) is 0.323. The van der Waals surface area contributed by atoms with Crippen LogP contribution in [0.2, 0.25) is 0 Å². The van der Waals surface area contributed by atoms with Crippen LogP contribution in [0.1, 0.15) is 32.0 Å². The molecule has 1 heterocycles. The van der Waals surface area contributed by atoms with E-state index in [-0.39, 0.29) is 35.8 Å². The van der Waals surface area contributed by atoms with Crippen molar-refractivity contribution in [3.63, 3.8) is 0 Å². The van der Waals surface area contributed by atoms with Crippen LogP contribution >= 0.6 is 0 Å². The number of aromatic carboxylic acids is 2. The van der Waals surface area contributed by atoms with Gasteiger partial charge in [0.25, 0.3) is 0 Å². The summed E-state index contributed by atoms with van der Waals surface area (Å²) in [5.41, 5.74) is 10.8. The zero-order chi connectivity index (χ0) is 28.9. The maximum absolute atomic E-state index is 11.8. The number of halogens is 6. The molecule has 0 saturated carbocycles. The summed E-state index contributed by atoms with van der Waals surface area (Å²) in [5.74, 6) is -2.88. The largest absolute Gasteiger partial charge is 0.573 e. The van der Waals surface area contributed by atoms with Crippen LogP contribution in [-0.2, 0) is 13.1 Å². The molecule has 0 fully saturated rings. The minimum absolute atomic E-state index is 0.0201. The first-order valence-corrected chi connectivity index (χ1v) is 10.2. The lowest BCUT2D eigenvalue weighted by atomic mass is 10.2. The van der Waals surface area contributed by atoms with E-state index in [1.54, 1.807) is 12.1 Å². The number of rotatable bonds is 6. The molecule has 0 saturated heterocycles. The van der Waals surface area contributed by atoms with E-state index in [2.05, 4.69) is 14.5 Å². The van der Waals surface area contributed by atoms with Crippen LogP contribution < -0.4 is 20.9 Å². The summed E-state index contributed by atoms with van der Waals surface area (Å²) in [6, 6.07) is 13.8. The topological polar surface area (TPSA) is 158 Å². The Morgan fingerprint density at radius 1 is 0.737 bits per heavy atom. The zero-order valence-electron chi connectivity index (χ0n) is 19.2. The molecule has 9 nitrogen and oxygen atoms in total. The van der Waals surface area contributed by atoms with Crippen molar-refractivity contribution < 1.29 is 55.6 Å². The van der Waals surface area contributed by atoms with Crippen molar-refractivity contribution >= 4 is 11.9 Å². The van der Waals surface area contributed by atoms with E-state index in [4.69, 9.17) is 21.7 Å². The SMILES string of the molecule is NCc1ccccc1OC(F)(F)F.NCc1ccccc1OC(F)(F)F.O=C(O)c1ccnc(C(=O)O)c1. The minimum atomic E-state index is -4.66. The minimum Gasteiger partial charge on any atom is -0.478 e. The normalized spacial score (nSPS) is 10.7. The fraction of sp³-hybridized carbons (Fsp3) is 0.174. The Morgan fingerprint density at radius 2 is 1.16 bits per heavy atom. The molecule has 6 N–H and O–H groups in total. The molecule has 38 heavy (non-hydrogen) atoms. The van der Waals surface area contributed by atoms with Crippen LogP contribution in [0.15, 0.2) is 66.9 Å². The molecule has 0 unspecified atom stereocenters. The second kappa shape index (κ2) is 14.4. The number of hydrogen-bond donors (Lipinski definition) is 4. The maximum Gasteiger partial charge on any atom is 0.573 e. The van der Waals surface area contributed by atoms with Gasteiger partial charge >= 0.3 is 24.7 Å². The molecule has 0 atom stereocenters. The number of benzene rings is 2. The third-order valence-electron chi connectivity index (χ3n) is 4.06. The highest BCUT2D eigenvalue weighted by atomic mass is 19.4. The lowest BCUT2D eigenvalue weighted by Gasteiger charge is -2.11. The summed E-state index contributed by atoms with van der Waals surface area (Å²) in [4.78, 5) is 24.1. The van der Waals surface area contributed by atoms with E-state index in [0.717, 1.165) is 12.3 Å². The van der Waals surface area contributed by atoms with Crippen LogP contribution in [0.3, 0.4) is 0 Å². The van der Waals surface area contributed by atoms with Gasteiger partial charge in [0.05, 0.1) is 5.56 Å². The van der Waals surface area contributed by atoms with Gasteiger partial charge in [-0.15, -0.1) is 26.3 Å². The molecule has 1 aromatic heterocycles. The molecule has 3 rings (SSSR count). The summed E-state index contributed by atoms with van der Waals surface area (Å²) in [7, 11) is 0. The Labute approximate surface area is 211 Å². The second-order valence-electron chi connectivity index (χ2n) is 6.76. The van der Waals surface area contributed by atoms with E-state index in [9.17, 15) is 35.9 Å². The van der Waals surface area contributed by atoms with Crippen molar-refractivity contribution in [2.75, 3.05) is 0 Å². The smallest absolute Gasteiger partial charge is 0.478 e. The Kier molecular flexibility index (Phi) is 12.0. The first kappa shape index (κ1) is 31.7. The van der Waals surface area contributed by atoms with Gasteiger partial charge in [-0.1, -0.05) is 36.4 Å². The summed E-state index contributed by atoms with van der Waals surface area (Å²) in [6.07, 6.45) is -8.18. The Morgan fingerprint density at radius 3 is 1.50 bits per heavy atom. The molecular weight excluding hydrogens is 528 g/mol. The van der Waals surface area contributed by atoms with Crippen molar-refractivity contribution in [3.05, 3.63) is 89.2 Å². The Bertz CT molecular complexity index is 1120. The van der Waals surface area contributed by atoms with Crippen molar-refractivity contribution in [2.24, 2.45) is 11.5 Å². The Hall–Kier alpha value is -4.37. The highest BCUT2D eigenvalue weighted by Gasteiger charge is 2.32. The zero-order valence-corrected chi connectivity index (χ0v) is 19.2. The van der Waals surface area contributed by atoms with Gasteiger partial charge in [-0.25, -0.2) is 14.6 Å². The fourth-order valence-corrected chi connectivity index (χ4v) is 2.47. The number of nitrogens with two attached hydrogens (primary N) is 2. The average Bonchev–Trinajstić information content (AvgIpc) is 2.83. The number of pyridine rings is 1. The molecule has 15 heteroatoms. The van der Waals surface area contributed by atoms with Gasteiger partial charge in [-0.3, -0.25) is 0 Å². The summed E-state index contributed by atoms with van der Waals surface area (Å²) < 4.78 is 78.3. The molecular formula is C23H21F6N3O6. The van der Waals surface area contributed by atoms with Gasteiger partial charge in [-0.05, 0) is 24.3 Å². The molecule has 0 spiro atoms. The standard InChI is InChI=1S/2C8H8F3NO.C7H5NO4/c2*9-8(10,11)13-7-4-2-1-3-6(7)5-12;9-6(10)4-1-2-8-5(3-4)7(11)12/h2*1-4H,5,12H2;1-3H,(H,9,10)(H,11,12).